The largest absolute Gasteiger partial charge is 0.452 e. The minimum Gasteiger partial charge on any atom is -0.452 e. The molecule has 3 nitrogen and oxygen atoms in total. The fourth-order valence-corrected chi connectivity index (χ4v) is 2.23. The summed E-state index contributed by atoms with van der Waals surface area (Å²) in [6, 6.07) is 13.7. The Balaban J connectivity index is 2.11. The number of aliphatic hydroxyl groups is 1. The molecule has 3 aromatic rings. The molecule has 2 aromatic carbocycles. The number of ether oxygens (including phenoxy) is 1. The Kier molecular flexibility index (Phi) is 3.54. The van der Waals surface area contributed by atoms with E-state index in [1.165, 1.54) is 6.07 Å². The molecule has 1 aromatic heterocycles. The summed E-state index contributed by atoms with van der Waals surface area (Å²) in [5, 5.41) is 10.7. The topological polar surface area (TPSA) is 42.4 Å². The molecule has 0 amide bonds. The quantitative estimate of drug-likeness (QED) is 0.782. The predicted molar refractivity (Wildman–Crippen MR) is 78.9 cm³/mol. The van der Waals surface area contributed by atoms with Crippen LogP contribution in [0.15, 0.2) is 54.7 Å². The van der Waals surface area contributed by atoms with Gasteiger partial charge in [-0.3, -0.25) is 4.98 Å². The number of aromatic nitrogens is 1. The molecule has 4 heteroatoms. The van der Waals surface area contributed by atoms with Gasteiger partial charge in [0.2, 0.25) is 0 Å². The Hall–Kier alpha value is -2.46. The van der Waals surface area contributed by atoms with Gasteiger partial charge in [0.1, 0.15) is 5.52 Å². The summed E-state index contributed by atoms with van der Waals surface area (Å²) in [5.41, 5.74) is 1.06. The van der Waals surface area contributed by atoms with Crippen molar-refractivity contribution in [1.82, 2.24) is 4.98 Å². The molecule has 0 radical (unpaired) electrons. The van der Waals surface area contributed by atoms with E-state index in [1.54, 1.807) is 31.3 Å². The zero-order valence-electron chi connectivity index (χ0n) is 11.5. The summed E-state index contributed by atoms with van der Waals surface area (Å²) < 4.78 is 19.8. The van der Waals surface area contributed by atoms with Gasteiger partial charge >= 0.3 is 0 Å². The Morgan fingerprint density at radius 3 is 2.67 bits per heavy atom. The molecule has 0 fully saturated rings. The van der Waals surface area contributed by atoms with E-state index < -0.39 is 11.9 Å². The van der Waals surface area contributed by atoms with Gasteiger partial charge in [0.05, 0.1) is 6.10 Å². The third kappa shape index (κ3) is 2.58. The van der Waals surface area contributed by atoms with Crippen LogP contribution in [0.4, 0.5) is 4.39 Å². The van der Waals surface area contributed by atoms with E-state index in [4.69, 9.17) is 4.74 Å². The van der Waals surface area contributed by atoms with Crippen molar-refractivity contribution in [3.63, 3.8) is 0 Å². The number of fused-ring (bicyclic) bond motifs is 1. The first-order chi connectivity index (χ1) is 10.2. The SMILES string of the molecule is CC(O)c1cccc(F)c1Oc1cccc2cccnc12. The van der Waals surface area contributed by atoms with E-state index in [2.05, 4.69) is 4.98 Å². The predicted octanol–water partition coefficient (Wildman–Crippen LogP) is 4.22. The average Bonchev–Trinajstić information content (AvgIpc) is 2.49. The Morgan fingerprint density at radius 2 is 1.86 bits per heavy atom. The molecule has 1 unspecified atom stereocenters. The van der Waals surface area contributed by atoms with Crippen molar-refractivity contribution in [3.05, 3.63) is 66.1 Å². The third-order valence-corrected chi connectivity index (χ3v) is 3.26. The monoisotopic (exact) mass is 283 g/mol. The van der Waals surface area contributed by atoms with Crippen molar-refractivity contribution < 1.29 is 14.2 Å². The number of nitrogens with zero attached hydrogens (tertiary/aromatic N) is 1. The van der Waals surface area contributed by atoms with E-state index >= 15 is 0 Å². The second kappa shape index (κ2) is 5.50. The normalized spacial score (nSPS) is 12.3. The molecule has 106 valence electrons. The number of aliphatic hydroxyl groups excluding tert-OH is 1. The van der Waals surface area contributed by atoms with Crippen molar-refractivity contribution in [2.45, 2.75) is 13.0 Å². The van der Waals surface area contributed by atoms with Gasteiger partial charge in [-0.15, -0.1) is 0 Å². The van der Waals surface area contributed by atoms with Crippen LogP contribution < -0.4 is 4.74 Å². The highest BCUT2D eigenvalue weighted by atomic mass is 19.1. The second-order valence-electron chi connectivity index (χ2n) is 4.77. The maximum absolute atomic E-state index is 14.0. The first-order valence-electron chi connectivity index (χ1n) is 6.65. The van der Waals surface area contributed by atoms with Crippen molar-refractivity contribution in [2.24, 2.45) is 0 Å². The summed E-state index contributed by atoms with van der Waals surface area (Å²) in [5.74, 6) is -0.0212. The molecule has 0 aliphatic heterocycles. The van der Waals surface area contributed by atoms with E-state index in [0.29, 0.717) is 16.8 Å². The Labute approximate surface area is 121 Å². The third-order valence-electron chi connectivity index (χ3n) is 3.26. The second-order valence-corrected chi connectivity index (χ2v) is 4.77. The van der Waals surface area contributed by atoms with Crippen molar-refractivity contribution in [3.8, 4) is 11.5 Å². The molecular weight excluding hydrogens is 269 g/mol. The first-order valence-corrected chi connectivity index (χ1v) is 6.65. The Morgan fingerprint density at radius 1 is 1.10 bits per heavy atom. The number of pyridine rings is 1. The zero-order valence-corrected chi connectivity index (χ0v) is 11.5. The van der Waals surface area contributed by atoms with E-state index in [0.717, 1.165) is 5.39 Å². The maximum Gasteiger partial charge on any atom is 0.168 e. The lowest BCUT2D eigenvalue weighted by Gasteiger charge is -2.14. The highest BCUT2D eigenvalue weighted by Crippen LogP contribution is 2.34. The van der Waals surface area contributed by atoms with Crippen LogP contribution in [0, 0.1) is 5.82 Å². The van der Waals surface area contributed by atoms with E-state index in [-0.39, 0.29) is 5.75 Å². The fourth-order valence-electron chi connectivity index (χ4n) is 2.23. The molecule has 0 spiro atoms. The first kappa shape index (κ1) is 13.5. The lowest BCUT2D eigenvalue weighted by molar-refractivity contribution is 0.194. The lowest BCUT2D eigenvalue weighted by atomic mass is 10.1. The standard InChI is InChI=1S/C17H14FNO2/c1-11(20)13-7-3-8-14(18)17(13)21-15-9-2-5-12-6-4-10-19-16(12)15/h2-11,20H,1H3. The summed E-state index contributed by atoms with van der Waals surface area (Å²) in [6.45, 7) is 1.57. The van der Waals surface area contributed by atoms with Gasteiger partial charge < -0.3 is 9.84 Å². The molecular formula is C17H14FNO2. The molecule has 1 heterocycles. The molecule has 0 saturated carbocycles. The number of halogens is 1. The van der Waals surface area contributed by atoms with Crippen molar-refractivity contribution >= 4 is 10.9 Å². The van der Waals surface area contributed by atoms with E-state index in [9.17, 15) is 9.50 Å². The smallest absolute Gasteiger partial charge is 0.168 e. The average molecular weight is 283 g/mol. The molecule has 3 rings (SSSR count). The molecule has 1 atom stereocenters. The fraction of sp³-hybridized carbons (Fsp3) is 0.118. The molecule has 0 aliphatic carbocycles. The van der Waals surface area contributed by atoms with E-state index in [1.807, 2.05) is 24.3 Å². The minimum absolute atomic E-state index is 0.0330. The van der Waals surface area contributed by atoms with Crippen LogP contribution in [0.25, 0.3) is 10.9 Å². The molecule has 0 bridgehead atoms. The molecule has 0 aliphatic rings. The lowest BCUT2D eigenvalue weighted by Crippen LogP contribution is -1.99. The molecule has 0 saturated heterocycles. The highest BCUT2D eigenvalue weighted by Gasteiger charge is 2.16. The van der Waals surface area contributed by atoms with Crippen LogP contribution in [-0.2, 0) is 0 Å². The van der Waals surface area contributed by atoms with Crippen LogP contribution in [-0.4, -0.2) is 10.1 Å². The van der Waals surface area contributed by atoms with Crippen LogP contribution in [0.5, 0.6) is 11.5 Å². The maximum atomic E-state index is 14.0. The van der Waals surface area contributed by atoms with Gasteiger partial charge in [-0.1, -0.05) is 30.3 Å². The van der Waals surface area contributed by atoms with Gasteiger partial charge in [-0.25, -0.2) is 4.39 Å². The minimum atomic E-state index is -0.821. The molecule has 1 N–H and O–H groups in total. The number of hydrogen-bond acceptors (Lipinski definition) is 3. The van der Waals surface area contributed by atoms with Crippen LogP contribution in [0.2, 0.25) is 0 Å². The van der Waals surface area contributed by atoms with Gasteiger partial charge in [0.15, 0.2) is 17.3 Å². The zero-order chi connectivity index (χ0) is 14.8. The number of hydrogen-bond donors (Lipinski definition) is 1. The summed E-state index contributed by atoms with van der Waals surface area (Å²) in [4.78, 5) is 4.27. The Bertz CT molecular complexity index is 781. The van der Waals surface area contributed by atoms with Gasteiger partial charge in [-0.05, 0) is 25.1 Å². The highest BCUT2D eigenvalue weighted by molar-refractivity contribution is 5.84. The van der Waals surface area contributed by atoms with Crippen LogP contribution >= 0.6 is 0 Å². The van der Waals surface area contributed by atoms with Gasteiger partial charge in [0, 0.05) is 17.1 Å². The van der Waals surface area contributed by atoms with Gasteiger partial charge in [0.25, 0.3) is 0 Å². The van der Waals surface area contributed by atoms with Crippen LogP contribution in [0.3, 0.4) is 0 Å². The van der Waals surface area contributed by atoms with Crippen molar-refractivity contribution in [2.75, 3.05) is 0 Å². The number of benzene rings is 2. The van der Waals surface area contributed by atoms with Crippen molar-refractivity contribution in [1.29, 1.82) is 0 Å². The van der Waals surface area contributed by atoms with Gasteiger partial charge in [-0.2, -0.15) is 0 Å². The summed E-state index contributed by atoms with van der Waals surface area (Å²) >= 11 is 0. The summed E-state index contributed by atoms with van der Waals surface area (Å²) in [6.07, 6.45) is 0.838. The van der Waals surface area contributed by atoms with Crippen LogP contribution in [0.1, 0.15) is 18.6 Å². The summed E-state index contributed by atoms with van der Waals surface area (Å²) in [7, 11) is 0. The number of para-hydroxylation sites is 2. The molecule has 21 heavy (non-hydrogen) atoms. The number of rotatable bonds is 3.